The number of fused-ring (bicyclic) bond motifs is 6. The first kappa shape index (κ1) is 15.6. The quantitative estimate of drug-likeness (QED) is 0.520. The maximum Gasteiger partial charge on any atom is 0.0906 e. The molecule has 2 aliphatic rings. The SMILES string of the molecule is C[C@@]1(CBr)[C@H]2CC[C@]1(CBr)c1nc3cc(Cl)c(Cl)cc3nc12. The van der Waals surface area contributed by atoms with Gasteiger partial charge in [0.15, 0.2) is 0 Å². The lowest BCUT2D eigenvalue weighted by Gasteiger charge is -2.38. The highest BCUT2D eigenvalue weighted by Crippen LogP contribution is 2.68. The maximum atomic E-state index is 6.15. The van der Waals surface area contributed by atoms with Crippen molar-refractivity contribution in [3.63, 3.8) is 0 Å². The minimum Gasteiger partial charge on any atom is -0.249 e. The lowest BCUT2D eigenvalue weighted by molar-refractivity contribution is 0.243. The van der Waals surface area contributed by atoms with E-state index < -0.39 is 0 Å². The smallest absolute Gasteiger partial charge is 0.0906 e. The summed E-state index contributed by atoms with van der Waals surface area (Å²) >= 11 is 19.8. The Bertz CT molecular complexity index is 797. The van der Waals surface area contributed by atoms with E-state index in [1.165, 1.54) is 6.42 Å². The summed E-state index contributed by atoms with van der Waals surface area (Å²) in [5, 5.41) is 2.92. The molecule has 1 aromatic heterocycles. The second-order valence-electron chi connectivity index (χ2n) is 6.57. The van der Waals surface area contributed by atoms with Crippen LogP contribution in [0.4, 0.5) is 0 Å². The van der Waals surface area contributed by atoms with Crippen molar-refractivity contribution in [2.45, 2.75) is 31.1 Å². The molecule has 0 radical (unpaired) electrons. The molecule has 0 spiro atoms. The number of hydrogen-bond acceptors (Lipinski definition) is 2. The second-order valence-corrected chi connectivity index (χ2v) is 8.51. The molecule has 1 heterocycles. The standard InChI is InChI=1S/C16H14Br2Cl2N2/c1-15(6-17)8-2-3-16(15,7-18)14-13(8)21-11-4-9(19)10(20)5-12(11)22-14/h4-5,8H,2-3,6-7H2,1H3/t8-,15+,16-/m0/s1. The first-order valence-corrected chi connectivity index (χ1v) is 10.3. The molecule has 1 saturated carbocycles. The number of nitrogens with zero attached hydrogens (tertiary/aromatic N) is 2. The van der Waals surface area contributed by atoms with Crippen LogP contribution in [0.1, 0.15) is 37.1 Å². The third-order valence-electron chi connectivity index (χ3n) is 5.74. The lowest BCUT2D eigenvalue weighted by Crippen LogP contribution is -2.40. The van der Waals surface area contributed by atoms with Gasteiger partial charge in [-0.05, 0) is 30.4 Å². The topological polar surface area (TPSA) is 25.8 Å². The average molecular weight is 465 g/mol. The van der Waals surface area contributed by atoms with Crippen LogP contribution in [0.3, 0.4) is 0 Å². The van der Waals surface area contributed by atoms with Crippen LogP contribution in [0.2, 0.25) is 10.0 Å². The summed E-state index contributed by atoms with van der Waals surface area (Å²) in [7, 11) is 0. The van der Waals surface area contributed by atoms with Crippen LogP contribution < -0.4 is 0 Å². The fourth-order valence-corrected chi connectivity index (χ4v) is 6.75. The van der Waals surface area contributed by atoms with E-state index >= 15 is 0 Å². The number of rotatable bonds is 2. The highest BCUT2D eigenvalue weighted by Gasteiger charge is 2.65. The zero-order chi connectivity index (χ0) is 15.7. The lowest BCUT2D eigenvalue weighted by atomic mass is 9.70. The van der Waals surface area contributed by atoms with E-state index in [9.17, 15) is 0 Å². The summed E-state index contributed by atoms with van der Waals surface area (Å²) < 4.78 is 0. The molecule has 22 heavy (non-hydrogen) atoms. The van der Waals surface area contributed by atoms with Crippen LogP contribution in [-0.2, 0) is 5.41 Å². The first-order valence-electron chi connectivity index (χ1n) is 7.26. The van der Waals surface area contributed by atoms with E-state index in [1.54, 1.807) is 0 Å². The van der Waals surface area contributed by atoms with Crippen LogP contribution in [0.25, 0.3) is 11.0 Å². The van der Waals surface area contributed by atoms with Gasteiger partial charge in [0, 0.05) is 22.0 Å². The van der Waals surface area contributed by atoms with Gasteiger partial charge in [0.25, 0.3) is 0 Å². The molecule has 2 aromatic rings. The molecule has 2 aliphatic carbocycles. The maximum absolute atomic E-state index is 6.15. The third-order valence-corrected chi connectivity index (χ3v) is 8.59. The van der Waals surface area contributed by atoms with Crippen molar-refractivity contribution in [1.29, 1.82) is 0 Å². The van der Waals surface area contributed by atoms with Crippen LogP contribution in [0.15, 0.2) is 12.1 Å². The number of aromatic nitrogens is 2. The van der Waals surface area contributed by atoms with E-state index in [4.69, 9.17) is 33.2 Å². The van der Waals surface area contributed by atoms with Crippen molar-refractivity contribution in [3.05, 3.63) is 33.6 Å². The van der Waals surface area contributed by atoms with E-state index in [0.29, 0.717) is 16.0 Å². The third kappa shape index (κ3) is 1.73. The van der Waals surface area contributed by atoms with Gasteiger partial charge in [-0.25, -0.2) is 9.97 Å². The van der Waals surface area contributed by atoms with Gasteiger partial charge in [0.2, 0.25) is 0 Å². The molecule has 1 fully saturated rings. The highest BCUT2D eigenvalue weighted by molar-refractivity contribution is 9.09. The van der Waals surface area contributed by atoms with Gasteiger partial charge >= 0.3 is 0 Å². The van der Waals surface area contributed by atoms with E-state index in [-0.39, 0.29) is 10.8 Å². The predicted molar refractivity (Wildman–Crippen MR) is 98.9 cm³/mol. The zero-order valence-corrected chi connectivity index (χ0v) is 16.7. The zero-order valence-electron chi connectivity index (χ0n) is 12.0. The molecule has 3 atom stereocenters. The average Bonchev–Trinajstić information content (AvgIpc) is 2.91. The number of alkyl halides is 2. The van der Waals surface area contributed by atoms with Crippen LogP contribution in [0, 0.1) is 5.41 Å². The minimum atomic E-state index is 0.0454. The van der Waals surface area contributed by atoms with Gasteiger partial charge in [-0.15, -0.1) is 0 Å². The second kappa shape index (κ2) is 5.05. The molecule has 0 aliphatic heterocycles. The molecule has 6 heteroatoms. The Hall–Kier alpha value is 0.1000. The normalized spacial score (nSPS) is 32.7. The van der Waals surface area contributed by atoms with Crippen molar-refractivity contribution < 1.29 is 0 Å². The van der Waals surface area contributed by atoms with Gasteiger partial charge in [0.05, 0.1) is 32.5 Å². The summed E-state index contributed by atoms with van der Waals surface area (Å²) in [6, 6.07) is 3.65. The Morgan fingerprint density at radius 1 is 1.14 bits per heavy atom. The molecule has 0 saturated heterocycles. The van der Waals surface area contributed by atoms with Gasteiger partial charge in [-0.2, -0.15) is 0 Å². The molecular weight excluding hydrogens is 451 g/mol. The van der Waals surface area contributed by atoms with Crippen molar-refractivity contribution in [2.24, 2.45) is 5.41 Å². The monoisotopic (exact) mass is 462 g/mol. The summed E-state index contributed by atoms with van der Waals surface area (Å²) in [5.41, 5.74) is 4.15. The van der Waals surface area contributed by atoms with Gasteiger partial charge in [-0.3, -0.25) is 0 Å². The molecule has 116 valence electrons. The Labute approximate surface area is 156 Å². The van der Waals surface area contributed by atoms with Gasteiger partial charge in [0.1, 0.15) is 0 Å². The van der Waals surface area contributed by atoms with Crippen LogP contribution in [0.5, 0.6) is 0 Å². The molecule has 0 unspecified atom stereocenters. The number of benzene rings is 1. The van der Waals surface area contributed by atoms with Crippen molar-refractivity contribution in [3.8, 4) is 0 Å². The molecule has 0 amide bonds. The Kier molecular flexibility index (Phi) is 3.58. The minimum absolute atomic E-state index is 0.0454. The fourth-order valence-electron chi connectivity index (χ4n) is 4.32. The number of halogens is 4. The first-order chi connectivity index (χ1) is 10.5. The summed E-state index contributed by atoms with van der Waals surface area (Å²) in [6.07, 6.45) is 2.32. The molecule has 4 rings (SSSR count). The Morgan fingerprint density at radius 3 is 2.36 bits per heavy atom. The molecule has 0 N–H and O–H groups in total. The van der Waals surface area contributed by atoms with E-state index in [2.05, 4.69) is 38.8 Å². The predicted octanol–water partition coefficient (Wildman–Crippen LogP) is 5.86. The van der Waals surface area contributed by atoms with Gasteiger partial charge < -0.3 is 0 Å². The Morgan fingerprint density at radius 2 is 1.77 bits per heavy atom. The van der Waals surface area contributed by atoms with Crippen molar-refractivity contribution in [2.75, 3.05) is 10.7 Å². The number of hydrogen-bond donors (Lipinski definition) is 0. The van der Waals surface area contributed by atoms with Crippen LogP contribution in [-0.4, -0.2) is 20.6 Å². The van der Waals surface area contributed by atoms with E-state index in [0.717, 1.165) is 39.5 Å². The van der Waals surface area contributed by atoms with Crippen LogP contribution >= 0.6 is 55.1 Å². The largest absolute Gasteiger partial charge is 0.249 e. The molecule has 2 bridgehead atoms. The van der Waals surface area contributed by atoms with Crippen molar-refractivity contribution in [1.82, 2.24) is 9.97 Å². The Balaban J connectivity index is 2.04. The molecule has 2 nitrogen and oxygen atoms in total. The van der Waals surface area contributed by atoms with Crippen molar-refractivity contribution >= 4 is 66.1 Å². The molecular formula is C16H14Br2Cl2N2. The summed E-state index contributed by atoms with van der Waals surface area (Å²) in [6.45, 7) is 2.36. The highest BCUT2D eigenvalue weighted by atomic mass is 79.9. The summed E-state index contributed by atoms with van der Waals surface area (Å²) in [4.78, 5) is 9.90. The van der Waals surface area contributed by atoms with Gasteiger partial charge in [-0.1, -0.05) is 62.0 Å². The fraction of sp³-hybridized carbons (Fsp3) is 0.500. The summed E-state index contributed by atoms with van der Waals surface area (Å²) in [5.74, 6) is 0.450. The van der Waals surface area contributed by atoms with E-state index in [1.807, 2.05) is 12.1 Å². The molecule has 1 aromatic carbocycles.